The van der Waals surface area contributed by atoms with Gasteiger partial charge in [-0.05, 0) is 18.8 Å². The molecule has 1 aliphatic rings. The van der Waals surface area contributed by atoms with Gasteiger partial charge >= 0.3 is 12.0 Å². The number of imide groups is 1. The maximum atomic E-state index is 11.7. The maximum Gasteiger partial charge on any atom is 0.328 e. The second-order valence-corrected chi connectivity index (χ2v) is 4.35. The molecule has 0 aromatic rings. The first-order chi connectivity index (χ1) is 9.02. The largest absolute Gasteiger partial charge is 0.478 e. The highest BCUT2D eigenvalue weighted by molar-refractivity contribution is 6.02. The molecule has 0 atom stereocenters. The smallest absolute Gasteiger partial charge is 0.328 e. The van der Waals surface area contributed by atoms with Crippen molar-refractivity contribution in [2.45, 2.75) is 12.8 Å². The van der Waals surface area contributed by atoms with Crippen molar-refractivity contribution < 1.29 is 24.2 Å². The Balaban J connectivity index is 2.35. The zero-order valence-electron chi connectivity index (χ0n) is 10.8. The number of carbonyl (C=O) groups excluding carboxylic acids is 2. The lowest BCUT2D eigenvalue weighted by Crippen LogP contribution is -2.46. The van der Waals surface area contributed by atoms with Gasteiger partial charge in [-0.15, -0.1) is 0 Å². The van der Waals surface area contributed by atoms with Crippen molar-refractivity contribution in [2.75, 3.05) is 26.8 Å². The van der Waals surface area contributed by atoms with Gasteiger partial charge in [0, 0.05) is 39.0 Å². The van der Waals surface area contributed by atoms with Gasteiger partial charge in [0.15, 0.2) is 0 Å². The van der Waals surface area contributed by atoms with Crippen LogP contribution in [0.2, 0.25) is 0 Å². The molecule has 0 spiro atoms. The number of amides is 3. The van der Waals surface area contributed by atoms with E-state index in [0.717, 1.165) is 18.9 Å². The van der Waals surface area contributed by atoms with Crippen LogP contribution in [-0.4, -0.2) is 54.7 Å². The highest BCUT2D eigenvalue weighted by Gasteiger charge is 2.23. The lowest BCUT2D eigenvalue weighted by molar-refractivity contribution is -0.131. The number of carbonyl (C=O) groups is 3. The Morgan fingerprint density at radius 1 is 1.32 bits per heavy atom. The van der Waals surface area contributed by atoms with Crippen LogP contribution in [0.1, 0.15) is 12.8 Å². The van der Waals surface area contributed by atoms with Gasteiger partial charge in [-0.3, -0.25) is 10.1 Å². The van der Waals surface area contributed by atoms with Gasteiger partial charge < -0.3 is 14.7 Å². The molecule has 19 heavy (non-hydrogen) atoms. The second kappa shape index (κ2) is 7.52. The zero-order chi connectivity index (χ0) is 14.3. The normalized spacial score (nSPS) is 16.6. The van der Waals surface area contributed by atoms with Crippen LogP contribution in [0, 0.1) is 5.92 Å². The molecule has 106 valence electrons. The standard InChI is InChI=1S/C12H18N2O5/c1-19-8-9-4-6-14(7-5-9)12(18)13-10(15)2-3-11(16)17/h2-3,9H,4-8H2,1H3,(H,16,17)(H,13,15,18). The van der Waals surface area contributed by atoms with E-state index in [9.17, 15) is 14.4 Å². The lowest BCUT2D eigenvalue weighted by Gasteiger charge is -2.31. The molecule has 0 radical (unpaired) electrons. The van der Waals surface area contributed by atoms with Gasteiger partial charge in [-0.25, -0.2) is 9.59 Å². The third-order valence-corrected chi connectivity index (χ3v) is 2.91. The zero-order valence-corrected chi connectivity index (χ0v) is 10.8. The fraction of sp³-hybridized carbons (Fsp3) is 0.583. The van der Waals surface area contributed by atoms with E-state index < -0.39 is 17.9 Å². The van der Waals surface area contributed by atoms with Crippen molar-refractivity contribution in [2.24, 2.45) is 5.92 Å². The van der Waals surface area contributed by atoms with E-state index in [1.54, 1.807) is 12.0 Å². The number of urea groups is 1. The average molecular weight is 270 g/mol. The summed E-state index contributed by atoms with van der Waals surface area (Å²) in [7, 11) is 1.65. The van der Waals surface area contributed by atoms with E-state index in [1.807, 2.05) is 0 Å². The van der Waals surface area contributed by atoms with Crippen molar-refractivity contribution in [1.82, 2.24) is 10.2 Å². The molecular weight excluding hydrogens is 252 g/mol. The van der Waals surface area contributed by atoms with E-state index in [1.165, 1.54) is 0 Å². The van der Waals surface area contributed by atoms with Crippen LogP contribution < -0.4 is 5.32 Å². The average Bonchev–Trinajstić information content (AvgIpc) is 2.37. The van der Waals surface area contributed by atoms with E-state index in [0.29, 0.717) is 31.7 Å². The molecule has 1 fully saturated rings. The number of carboxylic acids is 1. The summed E-state index contributed by atoms with van der Waals surface area (Å²) in [4.78, 5) is 34.7. The first kappa shape index (κ1) is 15.2. The van der Waals surface area contributed by atoms with Crippen LogP contribution in [-0.2, 0) is 14.3 Å². The first-order valence-electron chi connectivity index (χ1n) is 6.02. The van der Waals surface area contributed by atoms with Crippen molar-refractivity contribution in [3.05, 3.63) is 12.2 Å². The number of ether oxygens (including phenoxy) is 1. The van der Waals surface area contributed by atoms with Crippen LogP contribution in [0.4, 0.5) is 4.79 Å². The summed E-state index contributed by atoms with van der Waals surface area (Å²) in [6.45, 7) is 1.81. The summed E-state index contributed by atoms with van der Waals surface area (Å²) in [5.74, 6) is -1.52. The number of nitrogens with zero attached hydrogens (tertiary/aromatic N) is 1. The molecular formula is C12H18N2O5. The molecule has 2 N–H and O–H groups in total. The number of carboxylic acid groups (broad SMARTS) is 1. The van der Waals surface area contributed by atoms with Crippen LogP contribution >= 0.6 is 0 Å². The predicted octanol–water partition coefficient (Wildman–Crippen LogP) is 0.222. The summed E-state index contributed by atoms with van der Waals surface area (Å²) in [6, 6.07) is -0.490. The molecule has 1 saturated heterocycles. The van der Waals surface area contributed by atoms with Gasteiger partial charge in [0.1, 0.15) is 0 Å². The maximum absolute atomic E-state index is 11.7. The monoisotopic (exact) mass is 270 g/mol. The SMILES string of the molecule is COCC1CCN(C(=O)NC(=O)C=CC(=O)O)CC1. The number of hydrogen-bond donors (Lipinski definition) is 2. The van der Waals surface area contributed by atoms with Crippen molar-refractivity contribution in [1.29, 1.82) is 0 Å². The fourth-order valence-electron chi connectivity index (χ4n) is 1.91. The number of piperidine rings is 1. The van der Waals surface area contributed by atoms with Gasteiger partial charge in [0.25, 0.3) is 5.91 Å². The number of methoxy groups -OCH3 is 1. The number of likely N-dealkylation sites (tertiary alicyclic amines) is 1. The molecule has 7 nitrogen and oxygen atoms in total. The highest BCUT2D eigenvalue weighted by atomic mass is 16.5. The van der Waals surface area contributed by atoms with E-state index >= 15 is 0 Å². The second-order valence-electron chi connectivity index (χ2n) is 4.35. The number of hydrogen-bond acceptors (Lipinski definition) is 4. The van der Waals surface area contributed by atoms with E-state index in [4.69, 9.17) is 9.84 Å². The molecule has 3 amide bonds. The highest BCUT2D eigenvalue weighted by Crippen LogP contribution is 2.17. The van der Waals surface area contributed by atoms with Crippen LogP contribution in [0.5, 0.6) is 0 Å². The summed E-state index contributed by atoms with van der Waals surface area (Å²) in [6.07, 6.45) is 3.17. The van der Waals surface area contributed by atoms with Crippen molar-refractivity contribution >= 4 is 17.9 Å². The minimum absolute atomic E-state index is 0.441. The molecule has 1 rings (SSSR count). The Bertz CT molecular complexity index is 372. The lowest BCUT2D eigenvalue weighted by atomic mass is 9.98. The van der Waals surface area contributed by atoms with Gasteiger partial charge in [-0.2, -0.15) is 0 Å². The van der Waals surface area contributed by atoms with Crippen LogP contribution in [0.3, 0.4) is 0 Å². The molecule has 0 aromatic carbocycles. The molecule has 0 bridgehead atoms. The molecule has 1 heterocycles. The fourth-order valence-corrected chi connectivity index (χ4v) is 1.91. The predicted molar refractivity (Wildman–Crippen MR) is 66.5 cm³/mol. The van der Waals surface area contributed by atoms with E-state index in [-0.39, 0.29) is 0 Å². The van der Waals surface area contributed by atoms with Crippen LogP contribution in [0.15, 0.2) is 12.2 Å². The molecule has 0 aromatic heterocycles. The Morgan fingerprint density at radius 2 is 1.95 bits per heavy atom. The summed E-state index contributed by atoms with van der Waals surface area (Å²) >= 11 is 0. The number of aliphatic carboxylic acids is 1. The van der Waals surface area contributed by atoms with Crippen LogP contribution in [0.25, 0.3) is 0 Å². The first-order valence-corrected chi connectivity index (χ1v) is 6.02. The topological polar surface area (TPSA) is 95.9 Å². The summed E-state index contributed by atoms with van der Waals surface area (Å²) in [5.41, 5.74) is 0. The molecule has 0 aliphatic carbocycles. The Morgan fingerprint density at radius 3 is 2.47 bits per heavy atom. The molecule has 0 saturated carbocycles. The van der Waals surface area contributed by atoms with Crippen molar-refractivity contribution in [3.8, 4) is 0 Å². The Labute approximate surface area is 111 Å². The summed E-state index contributed by atoms with van der Waals surface area (Å²) in [5, 5.41) is 10.5. The summed E-state index contributed by atoms with van der Waals surface area (Å²) < 4.78 is 5.06. The quantitative estimate of drug-likeness (QED) is 0.712. The number of nitrogens with one attached hydrogen (secondary N) is 1. The molecule has 7 heteroatoms. The van der Waals surface area contributed by atoms with E-state index in [2.05, 4.69) is 5.32 Å². The minimum Gasteiger partial charge on any atom is -0.478 e. The third kappa shape index (κ3) is 5.52. The minimum atomic E-state index is -1.23. The van der Waals surface area contributed by atoms with Gasteiger partial charge in [0.05, 0.1) is 0 Å². The van der Waals surface area contributed by atoms with Gasteiger partial charge in [0.2, 0.25) is 0 Å². The van der Waals surface area contributed by atoms with Gasteiger partial charge in [-0.1, -0.05) is 0 Å². The van der Waals surface area contributed by atoms with Crippen molar-refractivity contribution in [3.63, 3.8) is 0 Å². The molecule has 1 aliphatic heterocycles. The Kier molecular flexibility index (Phi) is 6.01. The third-order valence-electron chi connectivity index (χ3n) is 2.91. The Hall–Kier alpha value is -1.89. The molecule has 0 unspecified atom stereocenters. The number of rotatable bonds is 4.